The van der Waals surface area contributed by atoms with Crippen molar-refractivity contribution in [2.24, 2.45) is 5.92 Å². The third-order valence-electron chi connectivity index (χ3n) is 4.79. The molecule has 0 fully saturated rings. The number of carbonyl (C=O) groups excluding carboxylic acids is 2. The second kappa shape index (κ2) is 12.1. The fraction of sp³-hybridized carbons (Fsp3) is 0.417. The Morgan fingerprint density at radius 3 is 2.42 bits per heavy atom. The van der Waals surface area contributed by atoms with Crippen molar-refractivity contribution in [1.29, 1.82) is 0 Å². The molecule has 0 aliphatic rings. The molecule has 2 rings (SSSR count). The van der Waals surface area contributed by atoms with Crippen LogP contribution in [0.3, 0.4) is 0 Å². The molecule has 0 saturated carbocycles. The van der Waals surface area contributed by atoms with Gasteiger partial charge in [0, 0.05) is 18.1 Å². The Labute approximate surface area is 198 Å². The van der Waals surface area contributed by atoms with E-state index >= 15 is 0 Å². The molecule has 1 unspecified atom stereocenters. The van der Waals surface area contributed by atoms with Gasteiger partial charge in [-0.25, -0.2) is 0 Å². The molecule has 0 radical (unpaired) electrons. The SMILES string of the molecule is CCC(C(=O)NCC(C)C)N(Cc1ccc(C)cc1)C(=O)COc1ccc(Cl)cc1Br. The Hall–Kier alpha value is -2.05. The van der Waals surface area contributed by atoms with Crippen molar-refractivity contribution in [3.8, 4) is 5.75 Å². The number of amides is 2. The van der Waals surface area contributed by atoms with Crippen molar-refractivity contribution in [1.82, 2.24) is 10.2 Å². The van der Waals surface area contributed by atoms with Crippen LogP contribution >= 0.6 is 27.5 Å². The molecular formula is C24H30BrClN2O3. The predicted octanol–water partition coefficient (Wildman–Crippen LogP) is 5.37. The van der Waals surface area contributed by atoms with Gasteiger partial charge in [0.05, 0.1) is 4.47 Å². The van der Waals surface area contributed by atoms with Gasteiger partial charge >= 0.3 is 0 Å². The van der Waals surface area contributed by atoms with E-state index in [1.807, 2.05) is 52.0 Å². The molecule has 1 N–H and O–H groups in total. The Balaban J connectivity index is 2.20. The van der Waals surface area contributed by atoms with Crippen LogP contribution in [-0.4, -0.2) is 35.9 Å². The minimum atomic E-state index is -0.579. The molecule has 168 valence electrons. The number of hydrogen-bond acceptors (Lipinski definition) is 3. The molecule has 0 aliphatic carbocycles. The zero-order valence-electron chi connectivity index (χ0n) is 18.5. The summed E-state index contributed by atoms with van der Waals surface area (Å²) in [5.74, 6) is 0.442. The number of aryl methyl sites for hydroxylation is 1. The minimum absolute atomic E-state index is 0.149. The van der Waals surface area contributed by atoms with Gasteiger partial charge in [-0.2, -0.15) is 0 Å². The Bertz CT molecular complexity index is 887. The van der Waals surface area contributed by atoms with Gasteiger partial charge in [-0.15, -0.1) is 0 Å². The number of rotatable bonds is 10. The summed E-state index contributed by atoms with van der Waals surface area (Å²) in [4.78, 5) is 27.7. The first kappa shape index (κ1) is 25.2. The average molecular weight is 510 g/mol. The molecule has 0 aromatic heterocycles. The highest BCUT2D eigenvalue weighted by Crippen LogP contribution is 2.28. The van der Waals surface area contributed by atoms with Crippen molar-refractivity contribution in [2.75, 3.05) is 13.2 Å². The highest BCUT2D eigenvalue weighted by molar-refractivity contribution is 9.10. The van der Waals surface area contributed by atoms with E-state index in [-0.39, 0.29) is 18.4 Å². The molecule has 0 saturated heterocycles. The molecule has 31 heavy (non-hydrogen) atoms. The fourth-order valence-corrected chi connectivity index (χ4v) is 3.84. The number of carbonyl (C=O) groups is 2. The van der Waals surface area contributed by atoms with E-state index in [1.54, 1.807) is 23.1 Å². The average Bonchev–Trinajstić information content (AvgIpc) is 2.72. The zero-order chi connectivity index (χ0) is 23.0. The standard InChI is InChI=1S/C24H30BrClN2O3/c1-5-21(24(30)27-13-16(2)3)28(14-18-8-6-17(4)7-9-18)23(29)15-31-22-11-10-19(26)12-20(22)25/h6-12,16,21H,5,13-15H2,1-4H3,(H,27,30). The minimum Gasteiger partial charge on any atom is -0.483 e. The van der Waals surface area contributed by atoms with Gasteiger partial charge in [-0.3, -0.25) is 9.59 Å². The van der Waals surface area contributed by atoms with Gasteiger partial charge in [-0.05, 0) is 59.0 Å². The lowest BCUT2D eigenvalue weighted by Gasteiger charge is -2.31. The number of halogens is 2. The predicted molar refractivity (Wildman–Crippen MR) is 128 cm³/mol. The first-order valence-electron chi connectivity index (χ1n) is 10.4. The van der Waals surface area contributed by atoms with Crippen LogP contribution in [0, 0.1) is 12.8 Å². The van der Waals surface area contributed by atoms with Crippen molar-refractivity contribution in [3.63, 3.8) is 0 Å². The molecule has 2 aromatic rings. The Morgan fingerprint density at radius 1 is 1.16 bits per heavy atom. The molecule has 7 heteroatoms. The van der Waals surface area contributed by atoms with Gasteiger partial charge in [-0.1, -0.05) is 62.2 Å². The summed E-state index contributed by atoms with van der Waals surface area (Å²) in [5, 5.41) is 3.53. The van der Waals surface area contributed by atoms with Gasteiger partial charge in [0.15, 0.2) is 6.61 Å². The number of benzene rings is 2. The van der Waals surface area contributed by atoms with Crippen LogP contribution in [0.2, 0.25) is 5.02 Å². The number of ether oxygens (including phenoxy) is 1. The fourth-order valence-electron chi connectivity index (χ4n) is 3.05. The summed E-state index contributed by atoms with van der Waals surface area (Å²) in [5.41, 5.74) is 2.10. The van der Waals surface area contributed by atoms with E-state index in [4.69, 9.17) is 16.3 Å². The lowest BCUT2D eigenvalue weighted by Crippen LogP contribution is -2.50. The summed E-state index contributed by atoms with van der Waals surface area (Å²) >= 11 is 9.37. The van der Waals surface area contributed by atoms with Crippen LogP contribution in [0.25, 0.3) is 0 Å². The smallest absolute Gasteiger partial charge is 0.261 e. The highest BCUT2D eigenvalue weighted by Gasteiger charge is 2.29. The van der Waals surface area contributed by atoms with Crippen LogP contribution in [0.15, 0.2) is 46.9 Å². The monoisotopic (exact) mass is 508 g/mol. The summed E-state index contributed by atoms with van der Waals surface area (Å²) in [6.07, 6.45) is 0.506. The van der Waals surface area contributed by atoms with E-state index in [9.17, 15) is 9.59 Å². The van der Waals surface area contributed by atoms with Gasteiger partial charge in [0.1, 0.15) is 11.8 Å². The van der Waals surface area contributed by atoms with Crippen molar-refractivity contribution < 1.29 is 14.3 Å². The summed E-state index contributed by atoms with van der Waals surface area (Å²) in [6, 6.07) is 12.5. The maximum absolute atomic E-state index is 13.2. The lowest BCUT2D eigenvalue weighted by molar-refractivity contribution is -0.143. The van der Waals surface area contributed by atoms with Gasteiger partial charge in [0.25, 0.3) is 5.91 Å². The summed E-state index contributed by atoms with van der Waals surface area (Å²) in [7, 11) is 0. The van der Waals surface area contributed by atoms with Gasteiger partial charge in [0.2, 0.25) is 5.91 Å². The van der Waals surface area contributed by atoms with Gasteiger partial charge < -0.3 is 15.0 Å². The first-order chi connectivity index (χ1) is 14.7. The van der Waals surface area contributed by atoms with E-state index in [1.165, 1.54) is 0 Å². The molecule has 2 amide bonds. The van der Waals surface area contributed by atoms with Crippen LogP contribution in [0.4, 0.5) is 0 Å². The second-order valence-electron chi connectivity index (χ2n) is 7.93. The molecule has 0 bridgehead atoms. The maximum atomic E-state index is 13.2. The molecule has 2 aromatic carbocycles. The number of hydrogen-bond donors (Lipinski definition) is 1. The first-order valence-corrected chi connectivity index (χ1v) is 11.6. The topological polar surface area (TPSA) is 58.6 Å². The normalized spacial score (nSPS) is 11.8. The third kappa shape index (κ3) is 7.86. The van der Waals surface area contributed by atoms with E-state index in [2.05, 4.69) is 21.2 Å². The van der Waals surface area contributed by atoms with Crippen molar-refractivity contribution in [2.45, 2.75) is 46.7 Å². The molecule has 5 nitrogen and oxygen atoms in total. The molecule has 1 atom stereocenters. The van der Waals surface area contributed by atoms with Crippen LogP contribution in [-0.2, 0) is 16.1 Å². The zero-order valence-corrected chi connectivity index (χ0v) is 20.8. The molecular weight excluding hydrogens is 480 g/mol. The Kier molecular flexibility index (Phi) is 9.85. The quantitative estimate of drug-likeness (QED) is 0.468. The van der Waals surface area contributed by atoms with Crippen LogP contribution < -0.4 is 10.1 Å². The molecule has 0 heterocycles. The van der Waals surface area contributed by atoms with Crippen molar-refractivity contribution in [3.05, 3.63) is 63.1 Å². The van der Waals surface area contributed by atoms with E-state index in [0.717, 1.165) is 11.1 Å². The molecule has 0 spiro atoms. The number of nitrogens with one attached hydrogen (secondary N) is 1. The largest absolute Gasteiger partial charge is 0.483 e. The highest BCUT2D eigenvalue weighted by atomic mass is 79.9. The maximum Gasteiger partial charge on any atom is 0.261 e. The van der Waals surface area contributed by atoms with Crippen LogP contribution in [0.5, 0.6) is 5.75 Å². The van der Waals surface area contributed by atoms with E-state index in [0.29, 0.717) is 40.7 Å². The third-order valence-corrected chi connectivity index (χ3v) is 5.64. The van der Waals surface area contributed by atoms with E-state index < -0.39 is 6.04 Å². The second-order valence-corrected chi connectivity index (χ2v) is 9.22. The molecule has 0 aliphatic heterocycles. The lowest BCUT2D eigenvalue weighted by atomic mass is 10.1. The number of nitrogens with zero attached hydrogens (tertiary/aromatic N) is 1. The van der Waals surface area contributed by atoms with Crippen molar-refractivity contribution >= 4 is 39.3 Å². The summed E-state index contributed by atoms with van der Waals surface area (Å²) in [6.45, 7) is 8.71. The Morgan fingerprint density at radius 2 is 1.84 bits per heavy atom. The summed E-state index contributed by atoms with van der Waals surface area (Å²) < 4.78 is 6.40. The van der Waals surface area contributed by atoms with Crippen LogP contribution in [0.1, 0.15) is 38.3 Å².